The SMILES string of the molecule is O=C(CNC(=O)CN1CCN(Cc2ccccc2)C(=O)C1)COc1c(F)c(F)cc(F)c1F. The third-order valence-electron chi connectivity index (χ3n) is 4.91. The second-order valence-corrected chi connectivity index (χ2v) is 7.41. The van der Waals surface area contributed by atoms with Crippen molar-refractivity contribution in [3.05, 3.63) is 65.2 Å². The zero-order valence-corrected chi connectivity index (χ0v) is 17.5. The van der Waals surface area contributed by atoms with Crippen molar-refractivity contribution in [3.8, 4) is 5.75 Å². The van der Waals surface area contributed by atoms with Crippen LogP contribution in [0, 0.1) is 23.3 Å². The number of hydrogen-bond acceptors (Lipinski definition) is 5. The van der Waals surface area contributed by atoms with E-state index in [2.05, 4.69) is 10.1 Å². The maximum atomic E-state index is 13.5. The van der Waals surface area contributed by atoms with E-state index >= 15 is 0 Å². The van der Waals surface area contributed by atoms with Crippen molar-refractivity contribution in [2.75, 3.05) is 39.3 Å². The van der Waals surface area contributed by atoms with Gasteiger partial charge in [0, 0.05) is 25.7 Å². The number of hydrogen-bond donors (Lipinski definition) is 1. The zero-order valence-electron chi connectivity index (χ0n) is 17.5. The van der Waals surface area contributed by atoms with E-state index in [0.29, 0.717) is 19.6 Å². The highest BCUT2D eigenvalue weighted by Crippen LogP contribution is 2.26. The van der Waals surface area contributed by atoms with Crippen molar-refractivity contribution in [2.45, 2.75) is 6.54 Å². The van der Waals surface area contributed by atoms with Gasteiger partial charge in [-0.25, -0.2) is 8.78 Å². The number of nitrogens with zero attached hydrogens (tertiary/aromatic N) is 2. The number of piperazine rings is 1. The van der Waals surface area contributed by atoms with Crippen LogP contribution >= 0.6 is 0 Å². The number of Topliss-reactive ketones (excluding diaryl/α,β-unsaturated/α-hetero) is 1. The third-order valence-corrected chi connectivity index (χ3v) is 4.91. The molecule has 3 rings (SSSR count). The highest BCUT2D eigenvalue weighted by Gasteiger charge is 2.25. The molecule has 2 aromatic rings. The molecule has 176 valence electrons. The molecule has 1 fully saturated rings. The van der Waals surface area contributed by atoms with Gasteiger partial charge in [0.05, 0.1) is 19.6 Å². The first-order valence-electron chi connectivity index (χ1n) is 10.0. The summed E-state index contributed by atoms with van der Waals surface area (Å²) >= 11 is 0. The number of nitrogens with one attached hydrogen (secondary N) is 1. The molecule has 0 unspecified atom stereocenters. The number of carbonyl (C=O) groups excluding carboxylic acids is 3. The molecule has 33 heavy (non-hydrogen) atoms. The summed E-state index contributed by atoms with van der Waals surface area (Å²) < 4.78 is 57.9. The quantitative estimate of drug-likeness (QED) is 0.448. The van der Waals surface area contributed by atoms with Gasteiger partial charge in [0.1, 0.15) is 6.61 Å². The molecule has 1 N–H and O–H groups in total. The zero-order chi connectivity index (χ0) is 24.0. The topological polar surface area (TPSA) is 79.0 Å². The van der Waals surface area contributed by atoms with Crippen molar-refractivity contribution >= 4 is 17.6 Å². The van der Waals surface area contributed by atoms with E-state index in [1.165, 1.54) is 0 Å². The molecule has 1 heterocycles. The van der Waals surface area contributed by atoms with Crippen LogP contribution in [0.5, 0.6) is 5.75 Å². The minimum Gasteiger partial charge on any atom is -0.479 e. The minimum absolute atomic E-state index is 0.0196. The third kappa shape index (κ3) is 6.51. The van der Waals surface area contributed by atoms with Gasteiger partial charge in [-0.05, 0) is 5.56 Å². The van der Waals surface area contributed by atoms with E-state index in [-0.39, 0.29) is 25.1 Å². The van der Waals surface area contributed by atoms with Gasteiger partial charge in [-0.2, -0.15) is 8.78 Å². The van der Waals surface area contributed by atoms with Crippen molar-refractivity contribution in [1.82, 2.24) is 15.1 Å². The summed E-state index contributed by atoms with van der Waals surface area (Å²) in [5.41, 5.74) is 0.999. The van der Waals surface area contributed by atoms with Crippen molar-refractivity contribution in [3.63, 3.8) is 0 Å². The van der Waals surface area contributed by atoms with Crippen LogP contribution < -0.4 is 10.1 Å². The summed E-state index contributed by atoms with van der Waals surface area (Å²) in [4.78, 5) is 39.6. The molecule has 0 saturated carbocycles. The molecule has 1 aliphatic heterocycles. The Kier molecular flexibility index (Phi) is 7.99. The number of rotatable bonds is 9. The summed E-state index contributed by atoms with van der Waals surface area (Å²) in [5, 5.41) is 2.31. The van der Waals surface area contributed by atoms with Gasteiger partial charge in [-0.1, -0.05) is 30.3 Å². The van der Waals surface area contributed by atoms with Crippen LogP contribution in [0.4, 0.5) is 17.6 Å². The number of benzene rings is 2. The highest BCUT2D eigenvalue weighted by molar-refractivity contribution is 5.88. The molecule has 0 spiro atoms. The van der Waals surface area contributed by atoms with E-state index in [1.54, 1.807) is 9.80 Å². The maximum absolute atomic E-state index is 13.5. The van der Waals surface area contributed by atoms with Crippen LogP contribution in [0.25, 0.3) is 0 Å². The standard InChI is InChI=1S/C22H21F4N3O4/c23-16-8-17(24)21(26)22(20(16)25)33-13-15(30)9-27-18(31)11-28-6-7-29(19(32)12-28)10-14-4-2-1-3-5-14/h1-5,8H,6-7,9-13H2,(H,27,31). The fourth-order valence-electron chi connectivity index (χ4n) is 3.20. The molecule has 0 atom stereocenters. The predicted octanol–water partition coefficient (Wildman–Crippen LogP) is 1.65. The Hall–Kier alpha value is -3.47. The lowest BCUT2D eigenvalue weighted by Gasteiger charge is -2.34. The number of amides is 2. The van der Waals surface area contributed by atoms with E-state index in [1.807, 2.05) is 30.3 Å². The lowest BCUT2D eigenvalue weighted by Crippen LogP contribution is -2.52. The first-order chi connectivity index (χ1) is 15.7. The number of halogens is 4. The van der Waals surface area contributed by atoms with Gasteiger partial charge in [0.25, 0.3) is 0 Å². The minimum atomic E-state index is -1.76. The van der Waals surface area contributed by atoms with Gasteiger partial charge in [0.15, 0.2) is 23.2 Å². The van der Waals surface area contributed by atoms with E-state index < -0.39 is 53.9 Å². The second kappa shape index (κ2) is 10.9. The molecule has 0 radical (unpaired) electrons. The van der Waals surface area contributed by atoms with E-state index in [0.717, 1.165) is 5.56 Å². The monoisotopic (exact) mass is 467 g/mol. The van der Waals surface area contributed by atoms with Crippen LogP contribution in [-0.4, -0.2) is 66.7 Å². The first-order valence-corrected chi connectivity index (χ1v) is 10.0. The number of carbonyl (C=O) groups is 3. The summed E-state index contributed by atoms with van der Waals surface area (Å²) in [7, 11) is 0. The lowest BCUT2D eigenvalue weighted by molar-refractivity contribution is -0.138. The predicted molar refractivity (Wildman–Crippen MR) is 108 cm³/mol. The maximum Gasteiger partial charge on any atom is 0.237 e. The number of ether oxygens (including phenoxy) is 1. The Morgan fingerprint density at radius 3 is 2.30 bits per heavy atom. The van der Waals surface area contributed by atoms with Gasteiger partial charge >= 0.3 is 0 Å². The van der Waals surface area contributed by atoms with E-state index in [9.17, 15) is 31.9 Å². The second-order valence-electron chi connectivity index (χ2n) is 7.41. The van der Waals surface area contributed by atoms with Crippen LogP contribution in [0.3, 0.4) is 0 Å². The first kappa shape index (κ1) is 24.2. The average Bonchev–Trinajstić information content (AvgIpc) is 2.79. The fourth-order valence-corrected chi connectivity index (χ4v) is 3.20. The Bertz CT molecular complexity index is 1010. The normalized spacial score (nSPS) is 14.3. The largest absolute Gasteiger partial charge is 0.479 e. The van der Waals surface area contributed by atoms with Crippen LogP contribution in [0.15, 0.2) is 36.4 Å². The molecule has 1 aliphatic rings. The van der Waals surface area contributed by atoms with Gasteiger partial charge in [-0.15, -0.1) is 0 Å². The fraction of sp³-hybridized carbons (Fsp3) is 0.318. The summed E-state index contributed by atoms with van der Waals surface area (Å²) in [6, 6.07) is 9.51. The molecule has 1 saturated heterocycles. The molecule has 2 amide bonds. The Balaban J connectivity index is 1.40. The molecule has 0 aromatic heterocycles. The molecule has 11 heteroatoms. The number of ketones is 1. The van der Waals surface area contributed by atoms with Crippen LogP contribution in [0.1, 0.15) is 5.56 Å². The van der Waals surface area contributed by atoms with Gasteiger partial charge in [-0.3, -0.25) is 19.3 Å². The lowest BCUT2D eigenvalue weighted by atomic mass is 10.2. The van der Waals surface area contributed by atoms with Crippen molar-refractivity contribution in [1.29, 1.82) is 0 Å². The smallest absolute Gasteiger partial charge is 0.237 e. The molecule has 0 aliphatic carbocycles. The highest BCUT2D eigenvalue weighted by atomic mass is 19.2. The Morgan fingerprint density at radius 1 is 1.00 bits per heavy atom. The summed E-state index contributed by atoms with van der Waals surface area (Å²) in [6.45, 7) is -0.139. The van der Waals surface area contributed by atoms with E-state index in [4.69, 9.17) is 0 Å². The molecule has 2 aromatic carbocycles. The molecular weight excluding hydrogens is 446 g/mol. The molecule has 0 bridgehead atoms. The van der Waals surface area contributed by atoms with Crippen molar-refractivity contribution < 1.29 is 36.7 Å². The average molecular weight is 467 g/mol. The Labute approximate surface area is 186 Å². The van der Waals surface area contributed by atoms with Crippen LogP contribution in [0.2, 0.25) is 0 Å². The van der Waals surface area contributed by atoms with Gasteiger partial charge < -0.3 is 15.0 Å². The summed E-state index contributed by atoms with van der Waals surface area (Å²) in [6.07, 6.45) is 0. The Morgan fingerprint density at radius 2 is 1.67 bits per heavy atom. The molecule has 7 nitrogen and oxygen atoms in total. The van der Waals surface area contributed by atoms with Gasteiger partial charge in [0.2, 0.25) is 23.4 Å². The molecular formula is C22H21F4N3O4. The van der Waals surface area contributed by atoms with Crippen LogP contribution in [-0.2, 0) is 20.9 Å². The van der Waals surface area contributed by atoms with Crippen molar-refractivity contribution in [2.24, 2.45) is 0 Å². The summed E-state index contributed by atoms with van der Waals surface area (Å²) in [5.74, 6) is -9.65.